The number of pyridine rings is 1. The number of fused-ring (bicyclic) bond motifs is 1. The van der Waals surface area contributed by atoms with Gasteiger partial charge in [0.1, 0.15) is 11.5 Å². The number of aromatic carboxylic acids is 1. The Labute approximate surface area is 180 Å². The molecule has 2 heterocycles. The third-order valence-corrected chi connectivity index (χ3v) is 6.87. The highest BCUT2D eigenvalue weighted by atomic mass is 32.1. The van der Waals surface area contributed by atoms with Crippen LogP contribution in [0, 0.1) is 5.41 Å². The topological polar surface area (TPSA) is 71.5 Å². The zero-order valence-corrected chi connectivity index (χ0v) is 18.3. The predicted octanol–water partition coefficient (Wildman–Crippen LogP) is 5.53. The van der Waals surface area contributed by atoms with Crippen molar-refractivity contribution in [2.45, 2.75) is 39.7 Å². The van der Waals surface area contributed by atoms with Crippen molar-refractivity contribution in [3.8, 4) is 21.9 Å². The minimum absolute atomic E-state index is 0.130. The lowest BCUT2D eigenvalue weighted by Gasteiger charge is -2.29. The van der Waals surface area contributed by atoms with E-state index in [0.29, 0.717) is 23.6 Å². The molecule has 5 nitrogen and oxygen atoms in total. The molecule has 0 spiro atoms. The molecule has 0 saturated heterocycles. The number of hydrogen-bond donors (Lipinski definition) is 2. The van der Waals surface area contributed by atoms with Crippen LogP contribution in [0.1, 0.15) is 46.6 Å². The summed E-state index contributed by atoms with van der Waals surface area (Å²) < 4.78 is 5.94. The summed E-state index contributed by atoms with van der Waals surface area (Å²) in [6.07, 6.45) is 6.21. The maximum Gasteiger partial charge on any atom is 0.337 e. The molecule has 30 heavy (non-hydrogen) atoms. The van der Waals surface area contributed by atoms with Crippen molar-refractivity contribution in [3.63, 3.8) is 0 Å². The molecule has 0 radical (unpaired) electrons. The van der Waals surface area contributed by atoms with Gasteiger partial charge >= 0.3 is 5.97 Å². The molecule has 3 aromatic rings. The molecule has 1 aliphatic rings. The van der Waals surface area contributed by atoms with Crippen LogP contribution >= 0.6 is 11.3 Å². The number of rotatable bonds is 6. The Hall–Kier alpha value is -2.70. The van der Waals surface area contributed by atoms with Crippen LogP contribution in [0.25, 0.3) is 10.4 Å². The minimum atomic E-state index is -0.841. The van der Waals surface area contributed by atoms with Gasteiger partial charge < -0.3 is 15.2 Å². The van der Waals surface area contributed by atoms with Gasteiger partial charge in [0.2, 0.25) is 0 Å². The third kappa shape index (κ3) is 4.11. The van der Waals surface area contributed by atoms with Crippen LogP contribution in [0.5, 0.6) is 11.5 Å². The number of carbonyl (C=O) groups is 1. The molecule has 0 aliphatic heterocycles. The van der Waals surface area contributed by atoms with Crippen LogP contribution in [0.3, 0.4) is 0 Å². The van der Waals surface area contributed by atoms with E-state index in [0.717, 1.165) is 40.8 Å². The number of aryl methyl sites for hydroxylation is 1. The summed E-state index contributed by atoms with van der Waals surface area (Å²) in [7, 11) is 1.89. The van der Waals surface area contributed by atoms with Crippen molar-refractivity contribution in [2.24, 2.45) is 5.41 Å². The fraction of sp³-hybridized carbons (Fsp3) is 0.333. The van der Waals surface area contributed by atoms with E-state index < -0.39 is 5.97 Å². The Balaban J connectivity index is 1.78. The summed E-state index contributed by atoms with van der Waals surface area (Å²) in [5.74, 6) is 0.531. The van der Waals surface area contributed by atoms with Crippen molar-refractivity contribution in [3.05, 3.63) is 64.3 Å². The van der Waals surface area contributed by atoms with Gasteiger partial charge in [-0.15, -0.1) is 11.3 Å². The van der Waals surface area contributed by atoms with E-state index in [2.05, 4.69) is 24.1 Å². The molecule has 0 unspecified atom stereocenters. The Kier molecular flexibility index (Phi) is 5.62. The number of aromatic nitrogens is 1. The summed E-state index contributed by atoms with van der Waals surface area (Å²) in [5, 5.41) is 13.3. The summed E-state index contributed by atoms with van der Waals surface area (Å²) >= 11 is 1.63. The van der Waals surface area contributed by atoms with Crippen molar-refractivity contribution in [1.29, 1.82) is 0 Å². The lowest BCUT2D eigenvalue weighted by Crippen LogP contribution is -2.22. The highest BCUT2D eigenvalue weighted by molar-refractivity contribution is 7.16. The lowest BCUT2D eigenvalue weighted by molar-refractivity contribution is 0.0696. The lowest BCUT2D eigenvalue weighted by atomic mass is 9.76. The molecule has 1 aliphatic carbocycles. The number of carboxylic acid groups (broad SMARTS) is 1. The van der Waals surface area contributed by atoms with Crippen molar-refractivity contribution >= 4 is 17.3 Å². The summed E-state index contributed by atoms with van der Waals surface area (Å²) in [6.45, 7) is 5.05. The van der Waals surface area contributed by atoms with Crippen LogP contribution in [-0.4, -0.2) is 23.1 Å². The minimum Gasteiger partial charge on any atom is -0.478 e. The predicted molar refractivity (Wildman–Crippen MR) is 120 cm³/mol. The maximum atomic E-state index is 12.3. The number of nitrogens with zero attached hydrogens (tertiary/aromatic N) is 1. The number of ether oxygens (including phenoxy) is 1. The smallest absolute Gasteiger partial charge is 0.337 e. The van der Waals surface area contributed by atoms with E-state index in [9.17, 15) is 9.90 Å². The molecule has 0 atom stereocenters. The van der Waals surface area contributed by atoms with Gasteiger partial charge in [-0.2, -0.15) is 0 Å². The van der Waals surface area contributed by atoms with E-state index in [1.54, 1.807) is 23.7 Å². The Morgan fingerprint density at radius 1 is 1.30 bits per heavy atom. The Morgan fingerprint density at radius 3 is 2.83 bits per heavy atom. The summed E-state index contributed by atoms with van der Waals surface area (Å²) in [5.41, 5.74) is 3.59. The monoisotopic (exact) mass is 422 g/mol. The molecule has 2 aromatic heterocycles. The molecular weight excluding hydrogens is 396 g/mol. The number of nitrogens with one attached hydrogen (secondary N) is 1. The maximum absolute atomic E-state index is 12.3. The van der Waals surface area contributed by atoms with Gasteiger partial charge in [-0.05, 0) is 78.7 Å². The Bertz CT molecular complexity index is 1070. The summed E-state index contributed by atoms with van der Waals surface area (Å²) in [4.78, 5) is 18.4. The molecule has 0 saturated carbocycles. The van der Waals surface area contributed by atoms with Crippen LogP contribution in [-0.2, 0) is 19.4 Å². The van der Waals surface area contributed by atoms with Gasteiger partial charge in [-0.25, -0.2) is 4.79 Å². The van der Waals surface area contributed by atoms with Crippen molar-refractivity contribution in [1.82, 2.24) is 10.3 Å². The molecule has 1 aromatic carbocycles. The molecule has 0 amide bonds. The number of carboxylic acids is 1. The second-order valence-electron chi connectivity index (χ2n) is 8.49. The second kappa shape index (κ2) is 8.20. The quantitative estimate of drug-likeness (QED) is 0.546. The first-order chi connectivity index (χ1) is 14.4. The van der Waals surface area contributed by atoms with Crippen LogP contribution in [0.4, 0.5) is 0 Å². The normalized spacial score (nSPS) is 14.9. The molecule has 156 valence electrons. The van der Waals surface area contributed by atoms with Gasteiger partial charge in [0, 0.05) is 22.5 Å². The van der Waals surface area contributed by atoms with E-state index in [4.69, 9.17) is 4.74 Å². The van der Waals surface area contributed by atoms with Crippen LogP contribution < -0.4 is 10.1 Å². The third-order valence-electron chi connectivity index (χ3n) is 5.55. The Morgan fingerprint density at radius 2 is 2.13 bits per heavy atom. The molecular formula is C24H26N2O3S. The number of hydrogen-bond acceptors (Lipinski definition) is 5. The average Bonchev–Trinajstić information content (AvgIpc) is 3.06. The summed E-state index contributed by atoms with van der Waals surface area (Å²) in [6, 6.07) is 9.54. The van der Waals surface area contributed by atoms with Gasteiger partial charge in [0.05, 0.1) is 11.8 Å². The number of thiophene rings is 1. The molecule has 4 rings (SSSR count). The van der Waals surface area contributed by atoms with Crippen LogP contribution in [0.2, 0.25) is 0 Å². The molecule has 0 fully saturated rings. The zero-order valence-electron chi connectivity index (χ0n) is 17.5. The van der Waals surface area contributed by atoms with Gasteiger partial charge in [-0.3, -0.25) is 4.98 Å². The largest absolute Gasteiger partial charge is 0.478 e. The van der Waals surface area contributed by atoms with Gasteiger partial charge in [0.15, 0.2) is 0 Å². The van der Waals surface area contributed by atoms with E-state index in [1.807, 2.05) is 37.4 Å². The highest BCUT2D eigenvalue weighted by Crippen LogP contribution is 2.46. The van der Waals surface area contributed by atoms with Crippen LogP contribution in [0.15, 0.2) is 42.7 Å². The zero-order chi connectivity index (χ0) is 21.3. The van der Waals surface area contributed by atoms with Gasteiger partial charge in [-0.1, -0.05) is 13.8 Å². The van der Waals surface area contributed by atoms with Gasteiger partial charge in [0.25, 0.3) is 0 Å². The van der Waals surface area contributed by atoms with E-state index in [-0.39, 0.29) is 5.41 Å². The fourth-order valence-electron chi connectivity index (χ4n) is 4.07. The first kappa shape index (κ1) is 20.6. The highest BCUT2D eigenvalue weighted by Gasteiger charge is 2.33. The second-order valence-corrected chi connectivity index (χ2v) is 9.60. The first-order valence-corrected chi connectivity index (χ1v) is 10.9. The molecule has 6 heteroatoms. The molecule has 2 N–H and O–H groups in total. The van der Waals surface area contributed by atoms with Crippen molar-refractivity contribution in [2.75, 3.05) is 7.05 Å². The standard InChI is InChI=1S/C24H26N2O3S/c1-24(2)9-8-20-19(12-24)21(23(27)28)22(30-20)18-7-6-16(11-15(18)13-25-3)29-17-5-4-10-26-14-17/h4-7,10-11,14,25H,8-9,12-13H2,1-3H3,(H,27,28). The molecule has 0 bridgehead atoms. The fourth-order valence-corrected chi connectivity index (χ4v) is 5.44. The van der Waals surface area contributed by atoms with Crippen molar-refractivity contribution < 1.29 is 14.6 Å². The average molecular weight is 423 g/mol. The van der Waals surface area contributed by atoms with E-state index in [1.165, 1.54) is 4.88 Å². The first-order valence-electron chi connectivity index (χ1n) is 10.1. The SMILES string of the molecule is CNCc1cc(Oc2cccnc2)ccc1-c1sc2c(c1C(=O)O)CC(C)(C)CC2. The van der Waals surface area contributed by atoms with E-state index >= 15 is 0 Å². The number of benzene rings is 1.